The molecule has 0 aliphatic heterocycles. The van der Waals surface area contributed by atoms with E-state index in [1.165, 1.54) is 12.1 Å². The Morgan fingerprint density at radius 1 is 1.26 bits per heavy atom. The quantitative estimate of drug-likeness (QED) is 0.887. The van der Waals surface area contributed by atoms with Crippen molar-refractivity contribution in [2.75, 3.05) is 0 Å². The maximum atomic E-state index is 12.9. The van der Waals surface area contributed by atoms with Gasteiger partial charge in [0.2, 0.25) is 0 Å². The molecule has 0 saturated carbocycles. The Kier molecular flexibility index (Phi) is 5.24. The van der Waals surface area contributed by atoms with Gasteiger partial charge in [-0.2, -0.15) is 0 Å². The molecule has 0 unspecified atom stereocenters. The molecule has 1 rings (SSSR count). The number of carbonyl (C=O) groups excluding carboxylic acids is 1. The van der Waals surface area contributed by atoms with Gasteiger partial charge in [0.15, 0.2) is 0 Å². The van der Waals surface area contributed by atoms with Gasteiger partial charge in [-0.15, -0.1) is 0 Å². The molecule has 2 nitrogen and oxygen atoms in total. The molecule has 0 bridgehead atoms. The van der Waals surface area contributed by atoms with Crippen LogP contribution < -0.4 is 0 Å². The second-order valence-electron chi connectivity index (χ2n) is 6.03. The summed E-state index contributed by atoms with van der Waals surface area (Å²) in [5, 5.41) is 10.1. The number of rotatable bonds is 5. The number of hydrogen-bond donors (Lipinski definition) is 1. The van der Waals surface area contributed by atoms with Gasteiger partial charge in [-0.3, -0.25) is 4.79 Å². The van der Waals surface area contributed by atoms with Crippen LogP contribution in [-0.4, -0.2) is 17.0 Å². The van der Waals surface area contributed by atoms with Gasteiger partial charge >= 0.3 is 0 Å². The Morgan fingerprint density at radius 2 is 1.79 bits per heavy atom. The highest BCUT2D eigenvalue weighted by atomic mass is 19.1. The fourth-order valence-corrected chi connectivity index (χ4v) is 2.12. The number of ketones is 1. The Bertz CT molecular complexity index is 417. The van der Waals surface area contributed by atoms with Gasteiger partial charge in [0, 0.05) is 11.3 Å². The number of carbonyl (C=O) groups is 1. The highest BCUT2D eigenvalue weighted by Gasteiger charge is 2.33. The standard InChI is InChI=1S/C16H23FO2/c1-5-14(18)13(15(19)16(2,3)4)10-11-6-8-12(17)9-7-11/h6-9,13-14,18H,5,10H2,1-4H3/t13-,14+/m1/s1. The largest absolute Gasteiger partial charge is 0.392 e. The summed E-state index contributed by atoms with van der Waals surface area (Å²) < 4.78 is 12.9. The Hall–Kier alpha value is -1.22. The minimum absolute atomic E-state index is 0.0474. The number of halogens is 1. The number of aliphatic hydroxyl groups is 1. The van der Waals surface area contributed by atoms with Crippen molar-refractivity contribution in [3.05, 3.63) is 35.6 Å². The second kappa shape index (κ2) is 6.29. The van der Waals surface area contributed by atoms with Crippen LogP contribution in [0.4, 0.5) is 4.39 Å². The van der Waals surface area contributed by atoms with Gasteiger partial charge in [-0.1, -0.05) is 39.8 Å². The van der Waals surface area contributed by atoms with E-state index in [1.807, 2.05) is 27.7 Å². The van der Waals surface area contributed by atoms with Crippen LogP contribution in [-0.2, 0) is 11.2 Å². The molecule has 0 fully saturated rings. The van der Waals surface area contributed by atoms with E-state index in [9.17, 15) is 14.3 Å². The van der Waals surface area contributed by atoms with Gasteiger partial charge in [0.25, 0.3) is 0 Å². The maximum absolute atomic E-state index is 12.9. The molecule has 3 heteroatoms. The topological polar surface area (TPSA) is 37.3 Å². The summed E-state index contributed by atoms with van der Waals surface area (Å²) in [5.74, 6) is -0.680. The molecule has 0 aromatic heterocycles. The molecule has 0 amide bonds. The van der Waals surface area contributed by atoms with Crippen molar-refractivity contribution < 1.29 is 14.3 Å². The third kappa shape index (κ3) is 4.43. The summed E-state index contributed by atoms with van der Waals surface area (Å²) in [7, 11) is 0. The lowest BCUT2D eigenvalue weighted by molar-refractivity contribution is -0.134. The van der Waals surface area contributed by atoms with Crippen LogP contribution in [0.2, 0.25) is 0 Å². The maximum Gasteiger partial charge on any atom is 0.144 e. The molecule has 1 aromatic rings. The van der Waals surface area contributed by atoms with Crippen LogP contribution >= 0.6 is 0 Å². The van der Waals surface area contributed by atoms with E-state index in [1.54, 1.807) is 12.1 Å². The van der Waals surface area contributed by atoms with Gasteiger partial charge in [-0.25, -0.2) is 4.39 Å². The molecule has 0 heterocycles. The molecule has 1 aromatic carbocycles. The van der Waals surface area contributed by atoms with E-state index >= 15 is 0 Å². The van der Waals surface area contributed by atoms with E-state index in [-0.39, 0.29) is 11.6 Å². The molecule has 0 spiro atoms. The van der Waals surface area contributed by atoms with Crippen LogP contribution in [0.3, 0.4) is 0 Å². The molecule has 2 atom stereocenters. The third-order valence-electron chi connectivity index (χ3n) is 3.33. The minimum atomic E-state index is -0.656. The third-order valence-corrected chi connectivity index (χ3v) is 3.33. The van der Waals surface area contributed by atoms with Crippen molar-refractivity contribution >= 4 is 5.78 Å². The summed E-state index contributed by atoms with van der Waals surface area (Å²) in [6.07, 6.45) is 0.329. The zero-order valence-electron chi connectivity index (χ0n) is 12.1. The fourth-order valence-electron chi connectivity index (χ4n) is 2.12. The summed E-state index contributed by atoms with van der Waals surface area (Å²) in [6, 6.07) is 6.10. The summed E-state index contributed by atoms with van der Waals surface area (Å²) in [4.78, 5) is 12.4. The van der Waals surface area contributed by atoms with Crippen LogP contribution in [0.15, 0.2) is 24.3 Å². The van der Waals surface area contributed by atoms with Crippen LogP contribution in [0.25, 0.3) is 0 Å². The van der Waals surface area contributed by atoms with E-state index in [4.69, 9.17) is 0 Å². The van der Waals surface area contributed by atoms with Gasteiger partial charge in [0.05, 0.1) is 6.10 Å². The van der Waals surface area contributed by atoms with Gasteiger partial charge < -0.3 is 5.11 Å². The monoisotopic (exact) mass is 266 g/mol. The molecular formula is C16H23FO2. The molecule has 0 saturated heterocycles. The Balaban J connectivity index is 2.92. The predicted octanol–water partition coefficient (Wildman–Crippen LogP) is 3.37. The number of Topliss-reactive ketones (excluding diaryl/α,β-unsaturated/α-hetero) is 1. The van der Waals surface area contributed by atoms with Crippen molar-refractivity contribution in [3.63, 3.8) is 0 Å². The second-order valence-corrected chi connectivity index (χ2v) is 6.03. The van der Waals surface area contributed by atoms with Crippen molar-refractivity contribution in [1.82, 2.24) is 0 Å². The fraction of sp³-hybridized carbons (Fsp3) is 0.562. The first-order chi connectivity index (χ1) is 8.75. The van der Waals surface area contributed by atoms with E-state index < -0.39 is 17.4 Å². The minimum Gasteiger partial charge on any atom is -0.392 e. The molecule has 0 aliphatic rings. The zero-order valence-corrected chi connectivity index (χ0v) is 12.1. The number of benzene rings is 1. The van der Waals surface area contributed by atoms with Crippen LogP contribution in [0.5, 0.6) is 0 Å². The Morgan fingerprint density at radius 3 is 2.21 bits per heavy atom. The Labute approximate surface area is 114 Å². The molecular weight excluding hydrogens is 243 g/mol. The van der Waals surface area contributed by atoms with Gasteiger partial charge in [0.1, 0.15) is 11.6 Å². The molecule has 19 heavy (non-hydrogen) atoms. The summed E-state index contributed by atoms with van der Waals surface area (Å²) in [5.41, 5.74) is 0.386. The molecule has 0 radical (unpaired) electrons. The lowest BCUT2D eigenvalue weighted by atomic mass is 9.77. The predicted molar refractivity (Wildman–Crippen MR) is 74.4 cm³/mol. The van der Waals surface area contributed by atoms with Crippen LogP contribution in [0, 0.1) is 17.2 Å². The van der Waals surface area contributed by atoms with Crippen molar-refractivity contribution in [3.8, 4) is 0 Å². The first kappa shape index (κ1) is 15.8. The summed E-state index contributed by atoms with van der Waals surface area (Å²) in [6.45, 7) is 7.43. The molecule has 106 valence electrons. The SMILES string of the molecule is CC[C@H](O)[C@@H](Cc1ccc(F)cc1)C(=O)C(C)(C)C. The molecule has 0 aliphatic carbocycles. The smallest absolute Gasteiger partial charge is 0.144 e. The first-order valence-corrected chi connectivity index (χ1v) is 6.72. The lowest BCUT2D eigenvalue weighted by Gasteiger charge is -2.28. The zero-order chi connectivity index (χ0) is 14.6. The first-order valence-electron chi connectivity index (χ1n) is 6.72. The normalized spacial score (nSPS) is 15.1. The van der Waals surface area contributed by atoms with E-state index in [0.29, 0.717) is 12.8 Å². The highest BCUT2D eigenvalue weighted by Crippen LogP contribution is 2.26. The average molecular weight is 266 g/mol. The summed E-state index contributed by atoms with van der Waals surface area (Å²) >= 11 is 0. The van der Waals surface area contributed by atoms with Crippen molar-refractivity contribution in [2.45, 2.75) is 46.6 Å². The lowest BCUT2D eigenvalue weighted by Crippen LogP contribution is -2.37. The molecule has 1 N–H and O–H groups in total. The number of aliphatic hydroxyl groups excluding tert-OH is 1. The van der Waals surface area contributed by atoms with E-state index in [0.717, 1.165) is 5.56 Å². The van der Waals surface area contributed by atoms with Crippen molar-refractivity contribution in [1.29, 1.82) is 0 Å². The highest BCUT2D eigenvalue weighted by molar-refractivity contribution is 5.86. The van der Waals surface area contributed by atoms with Crippen molar-refractivity contribution in [2.24, 2.45) is 11.3 Å². The van der Waals surface area contributed by atoms with Crippen LogP contribution in [0.1, 0.15) is 39.7 Å². The number of hydrogen-bond acceptors (Lipinski definition) is 2. The average Bonchev–Trinajstić information content (AvgIpc) is 2.35. The van der Waals surface area contributed by atoms with Gasteiger partial charge in [-0.05, 0) is 30.5 Å². The van der Waals surface area contributed by atoms with E-state index in [2.05, 4.69) is 0 Å².